The summed E-state index contributed by atoms with van der Waals surface area (Å²) in [5, 5.41) is 8.36. The highest BCUT2D eigenvalue weighted by molar-refractivity contribution is 9.11. The van der Waals surface area contributed by atoms with E-state index in [0.717, 1.165) is 20.3 Å². The van der Waals surface area contributed by atoms with Gasteiger partial charge in [-0.1, -0.05) is 0 Å². The first-order valence-electron chi connectivity index (χ1n) is 3.26. The van der Waals surface area contributed by atoms with Crippen molar-refractivity contribution >= 4 is 39.3 Å². The molecule has 0 aliphatic carbocycles. The second-order valence-corrected chi connectivity index (χ2v) is 4.68. The highest BCUT2D eigenvalue weighted by atomic mass is 79.9. The van der Waals surface area contributed by atoms with E-state index in [9.17, 15) is 4.79 Å². The zero-order chi connectivity index (χ0) is 9.14. The highest BCUT2D eigenvalue weighted by Crippen LogP contribution is 2.27. The van der Waals surface area contributed by atoms with Crippen LogP contribution in [-0.2, 0) is 4.79 Å². The molecule has 0 spiro atoms. The first-order chi connectivity index (χ1) is 5.59. The van der Waals surface area contributed by atoms with Crippen molar-refractivity contribution in [1.82, 2.24) is 0 Å². The zero-order valence-electron chi connectivity index (χ0n) is 6.37. The molecule has 0 aliphatic heterocycles. The summed E-state index contributed by atoms with van der Waals surface area (Å²) in [6, 6.07) is 1.94. The third-order valence-electron chi connectivity index (χ3n) is 1.27. The van der Waals surface area contributed by atoms with E-state index in [1.807, 2.05) is 13.0 Å². The molecule has 0 radical (unpaired) electrons. The van der Waals surface area contributed by atoms with Gasteiger partial charge in [-0.3, -0.25) is 0 Å². The molecule has 1 aromatic rings. The van der Waals surface area contributed by atoms with Crippen LogP contribution in [-0.4, -0.2) is 11.1 Å². The second-order valence-electron chi connectivity index (χ2n) is 2.28. The van der Waals surface area contributed by atoms with Crippen molar-refractivity contribution in [2.45, 2.75) is 6.92 Å². The van der Waals surface area contributed by atoms with Crippen LogP contribution in [0.25, 0.3) is 6.08 Å². The van der Waals surface area contributed by atoms with Crippen molar-refractivity contribution in [3.63, 3.8) is 0 Å². The molecule has 0 saturated heterocycles. The number of carboxylic acid groups (broad SMARTS) is 1. The second kappa shape index (κ2) is 3.87. The van der Waals surface area contributed by atoms with Crippen molar-refractivity contribution in [2.75, 3.05) is 0 Å². The molecule has 12 heavy (non-hydrogen) atoms. The van der Waals surface area contributed by atoms with Crippen LogP contribution in [0.5, 0.6) is 0 Å². The summed E-state index contributed by atoms with van der Waals surface area (Å²) in [6.07, 6.45) is 2.72. The molecule has 4 heteroatoms. The van der Waals surface area contributed by atoms with Gasteiger partial charge in [-0.05, 0) is 40.6 Å². The normalized spacial score (nSPS) is 10.8. The molecule has 0 aliphatic rings. The fraction of sp³-hybridized carbons (Fsp3) is 0.125. The number of hydrogen-bond acceptors (Lipinski definition) is 2. The topological polar surface area (TPSA) is 37.3 Å². The summed E-state index contributed by atoms with van der Waals surface area (Å²) >= 11 is 4.88. The standard InChI is InChI=1S/C8H7BrO2S/c1-5-4-6(12-8(5)9)2-3-7(10)11/h2-4H,1H3,(H,10,11)/b3-2+. The Balaban J connectivity index is 2.83. The van der Waals surface area contributed by atoms with Gasteiger partial charge in [-0.2, -0.15) is 0 Å². The van der Waals surface area contributed by atoms with E-state index in [1.165, 1.54) is 11.3 Å². The third kappa shape index (κ3) is 2.46. The number of halogens is 1. The maximum atomic E-state index is 10.2. The Bertz CT molecular complexity index is 308. The molecular weight excluding hydrogens is 240 g/mol. The maximum Gasteiger partial charge on any atom is 0.328 e. The fourth-order valence-electron chi connectivity index (χ4n) is 0.719. The van der Waals surface area contributed by atoms with Crippen LogP contribution in [0, 0.1) is 6.92 Å². The minimum absolute atomic E-state index is 0.919. The Hall–Kier alpha value is -0.610. The molecule has 0 fully saturated rings. The monoisotopic (exact) mass is 246 g/mol. The lowest BCUT2D eigenvalue weighted by Gasteiger charge is -1.79. The van der Waals surface area contributed by atoms with Crippen molar-refractivity contribution in [3.05, 3.63) is 26.4 Å². The van der Waals surface area contributed by atoms with Gasteiger partial charge in [0.1, 0.15) is 0 Å². The average molecular weight is 247 g/mol. The maximum absolute atomic E-state index is 10.2. The van der Waals surface area contributed by atoms with E-state index in [4.69, 9.17) is 5.11 Å². The Labute approximate surface area is 82.7 Å². The molecule has 1 heterocycles. The van der Waals surface area contributed by atoms with Crippen LogP contribution < -0.4 is 0 Å². The van der Waals surface area contributed by atoms with Crippen molar-refractivity contribution in [3.8, 4) is 0 Å². The van der Waals surface area contributed by atoms with Gasteiger partial charge >= 0.3 is 5.97 Å². The van der Waals surface area contributed by atoms with E-state index in [2.05, 4.69) is 15.9 Å². The van der Waals surface area contributed by atoms with E-state index in [0.29, 0.717) is 0 Å². The predicted molar refractivity (Wildman–Crippen MR) is 53.4 cm³/mol. The number of aryl methyl sites for hydroxylation is 1. The first-order valence-corrected chi connectivity index (χ1v) is 4.87. The van der Waals surface area contributed by atoms with Gasteiger partial charge < -0.3 is 5.11 Å². The first kappa shape index (κ1) is 9.48. The quantitative estimate of drug-likeness (QED) is 0.816. The Morgan fingerprint density at radius 2 is 2.42 bits per heavy atom. The minimum atomic E-state index is -0.919. The zero-order valence-corrected chi connectivity index (χ0v) is 8.78. The lowest BCUT2D eigenvalue weighted by atomic mass is 10.3. The molecule has 2 nitrogen and oxygen atoms in total. The van der Waals surface area contributed by atoms with Crippen LogP contribution in [0.1, 0.15) is 10.4 Å². The number of hydrogen-bond donors (Lipinski definition) is 1. The highest BCUT2D eigenvalue weighted by Gasteiger charge is 1.99. The lowest BCUT2D eigenvalue weighted by Crippen LogP contribution is -1.84. The van der Waals surface area contributed by atoms with E-state index in [1.54, 1.807) is 6.08 Å². The van der Waals surface area contributed by atoms with Gasteiger partial charge in [-0.15, -0.1) is 11.3 Å². The number of rotatable bonds is 2. The van der Waals surface area contributed by atoms with Gasteiger partial charge in [0.15, 0.2) is 0 Å². The molecule has 1 aromatic heterocycles. The van der Waals surface area contributed by atoms with Crippen LogP contribution in [0.15, 0.2) is 15.9 Å². The molecule has 0 aromatic carbocycles. The van der Waals surface area contributed by atoms with Crippen molar-refractivity contribution in [2.24, 2.45) is 0 Å². The Kier molecular flexibility index (Phi) is 3.05. The van der Waals surface area contributed by atoms with Crippen LogP contribution in [0.3, 0.4) is 0 Å². The smallest absolute Gasteiger partial charge is 0.328 e. The van der Waals surface area contributed by atoms with Gasteiger partial charge in [-0.25, -0.2) is 4.79 Å². The number of carbonyl (C=O) groups is 1. The predicted octanol–water partition coefficient (Wildman–Crippen LogP) is 2.92. The van der Waals surface area contributed by atoms with E-state index in [-0.39, 0.29) is 0 Å². The lowest BCUT2D eigenvalue weighted by molar-refractivity contribution is -0.131. The SMILES string of the molecule is Cc1cc(/C=C/C(=O)O)sc1Br. The van der Waals surface area contributed by atoms with Gasteiger partial charge in [0.05, 0.1) is 3.79 Å². The Morgan fingerprint density at radius 3 is 2.83 bits per heavy atom. The molecule has 0 amide bonds. The van der Waals surface area contributed by atoms with Crippen molar-refractivity contribution < 1.29 is 9.90 Å². The summed E-state index contributed by atoms with van der Waals surface area (Å²) in [4.78, 5) is 11.1. The van der Waals surface area contributed by atoms with Crippen LogP contribution in [0.2, 0.25) is 0 Å². The summed E-state index contributed by atoms with van der Waals surface area (Å²) in [7, 11) is 0. The minimum Gasteiger partial charge on any atom is -0.478 e. The summed E-state index contributed by atoms with van der Waals surface area (Å²) in [6.45, 7) is 1.97. The molecule has 0 bridgehead atoms. The molecule has 64 valence electrons. The van der Waals surface area contributed by atoms with Gasteiger partial charge in [0.2, 0.25) is 0 Å². The van der Waals surface area contributed by atoms with Crippen LogP contribution in [0.4, 0.5) is 0 Å². The average Bonchev–Trinajstić information content (AvgIpc) is 2.28. The van der Waals surface area contributed by atoms with Gasteiger partial charge in [0, 0.05) is 11.0 Å². The van der Waals surface area contributed by atoms with Crippen LogP contribution >= 0.6 is 27.3 Å². The number of aliphatic carboxylic acids is 1. The molecule has 1 N–H and O–H groups in total. The van der Waals surface area contributed by atoms with Gasteiger partial charge in [0.25, 0.3) is 0 Å². The molecular formula is C8H7BrO2S. The summed E-state index contributed by atoms with van der Waals surface area (Å²) < 4.78 is 1.05. The van der Waals surface area contributed by atoms with E-state index < -0.39 is 5.97 Å². The van der Waals surface area contributed by atoms with Crippen molar-refractivity contribution in [1.29, 1.82) is 0 Å². The number of thiophene rings is 1. The Morgan fingerprint density at radius 1 is 1.75 bits per heavy atom. The summed E-state index contributed by atoms with van der Waals surface area (Å²) in [5.41, 5.74) is 1.13. The third-order valence-corrected chi connectivity index (χ3v) is 3.37. The molecule has 0 unspecified atom stereocenters. The molecule has 0 saturated carbocycles. The molecule has 0 atom stereocenters. The summed E-state index contributed by atoms with van der Waals surface area (Å²) in [5.74, 6) is -0.919. The fourth-order valence-corrected chi connectivity index (χ4v) is 2.19. The largest absolute Gasteiger partial charge is 0.478 e. The number of carboxylic acids is 1. The molecule has 1 rings (SSSR count). The van der Waals surface area contributed by atoms with E-state index >= 15 is 0 Å².